The summed E-state index contributed by atoms with van der Waals surface area (Å²) in [5, 5.41) is 0.324. The van der Waals surface area contributed by atoms with Crippen molar-refractivity contribution in [3.8, 4) is 0 Å². The normalized spacial score (nSPS) is 18.8. The van der Waals surface area contributed by atoms with E-state index in [0.29, 0.717) is 60.8 Å². The minimum absolute atomic E-state index is 0.0902. The zero-order valence-electron chi connectivity index (χ0n) is 20.9. The molecule has 0 bridgehead atoms. The van der Waals surface area contributed by atoms with Crippen LogP contribution in [0.25, 0.3) is 0 Å². The number of anilines is 3. The average Bonchev–Trinajstić information content (AvgIpc) is 2.92. The molecule has 4 heterocycles. The van der Waals surface area contributed by atoms with Crippen molar-refractivity contribution in [2.24, 2.45) is 0 Å². The second kappa shape index (κ2) is 11.2. The highest BCUT2D eigenvalue weighted by atomic mass is 35.5. The van der Waals surface area contributed by atoms with Gasteiger partial charge in [-0.05, 0) is 12.1 Å². The second-order valence-electron chi connectivity index (χ2n) is 9.50. The SMILES string of the molecule is CN1C(=O)CN(Cc2ccc(Cl)cc2F)c2nc(N3CCN(CCC(=O)N4CCOCC4)CC3)ncc21. The lowest BCUT2D eigenvalue weighted by Crippen LogP contribution is -2.49. The monoisotopic (exact) mass is 531 g/mol. The van der Waals surface area contributed by atoms with Gasteiger partial charge in [0, 0.05) is 76.4 Å². The third-order valence-electron chi connectivity index (χ3n) is 7.14. The summed E-state index contributed by atoms with van der Waals surface area (Å²) in [6.07, 6.45) is 2.17. The number of piperazine rings is 1. The fourth-order valence-electron chi connectivity index (χ4n) is 4.84. The molecule has 37 heavy (non-hydrogen) atoms. The van der Waals surface area contributed by atoms with Crippen molar-refractivity contribution in [2.75, 3.05) is 87.3 Å². The maximum absolute atomic E-state index is 14.5. The van der Waals surface area contributed by atoms with Crippen molar-refractivity contribution in [1.29, 1.82) is 0 Å². The van der Waals surface area contributed by atoms with Gasteiger partial charge in [-0.1, -0.05) is 17.7 Å². The first kappa shape index (κ1) is 25.6. The Morgan fingerprint density at radius 1 is 1.14 bits per heavy atom. The lowest BCUT2D eigenvalue weighted by molar-refractivity contribution is -0.135. The van der Waals surface area contributed by atoms with Crippen molar-refractivity contribution >= 4 is 40.9 Å². The molecule has 0 aliphatic carbocycles. The van der Waals surface area contributed by atoms with E-state index < -0.39 is 5.82 Å². The summed E-state index contributed by atoms with van der Waals surface area (Å²) >= 11 is 5.90. The molecule has 0 unspecified atom stereocenters. The van der Waals surface area contributed by atoms with Gasteiger partial charge in [0.05, 0.1) is 26.0 Å². The number of rotatable bonds is 6. The van der Waals surface area contributed by atoms with E-state index >= 15 is 0 Å². The fraction of sp³-hybridized carbons (Fsp3) is 0.520. The zero-order chi connectivity index (χ0) is 25.9. The first-order valence-electron chi connectivity index (χ1n) is 12.5. The van der Waals surface area contributed by atoms with Crippen molar-refractivity contribution in [3.05, 3.63) is 40.8 Å². The van der Waals surface area contributed by atoms with E-state index in [-0.39, 0.29) is 24.9 Å². The number of halogens is 2. The van der Waals surface area contributed by atoms with Crippen LogP contribution in [0.15, 0.2) is 24.4 Å². The molecule has 0 saturated carbocycles. The maximum atomic E-state index is 14.5. The number of morpholine rings is 1. The molecule has 198 valence electrons. The van der Waals surface area contributed by atoms with Crippen LogP contribution in [0.1, 0.15) is 12.0 Å². The number of ether oxygens (including phenoxy) is 1. The standard InChI is InChI=1S/C25H31ClFN7O3/c1-30-21-15-28-25(29-24(21)34(17-23(30)36)16-18-2-3-19(26)14-20(18)27)33-8-6-31(7-9-33)5-4-22(35)32-10-12-37-13-11-32/h2-3,14-15H,4-13,16-17H2,1H3. The maximum Gasteiger partial charge on any atom is 0.246 e. The molecule has 2 aromatic rings. The molecule has 2 saturated heterocycles. The van der Waals surface area contributed by atoms with Crippen molar-refractivity contribution < 1.29 is 18.7 Å². The molecule has 10 nitrogen and oxygen atoms in total. The number of fused-ring (bicyclic) bond motifs is 1. The van der Waals surface area contributed by atoms with Gasteiger partial charge < -0.3 is 24.3 Å². The summed E-state index contributed by atoms with van der Waals surface area (Å²) in [5.74, 6) is 0.822. The topological polar surface area (TPSA) is 85.4 Å². The number of carbonyl (C=O) groups excluding carboxylic acids is 2. The zero-order valence-corrected chi connectivity index (χ0v) is 21.7. The van der Waals surface area contributed by atoms with Crippen LogP contribution in [-0.4, -0.2) is 104 Å². The van der Waals surface area contributed by atoms with Gasteiger partial charge in [0.15, 0.2) is 5.82 Å². The Balaban J connectivity index is 1.23. The van der Waals surface area contributed by atoms with Crippen LogP contribution in [0.4, 0.5) is 21.8 Å². The van der Waals surface area contributed by atoms with Crippen molar-refractivity contribution in [3.63, 3.8) is 0 Å². The van der Waals surface area contributed by atoms with E-state index in [1.807, 2.05) is 4.90 Å². The predicted octanol–water partition coefficient (Wildman–Crippen LogP) is 1.62. The Morgan fingerprint density at radius 3 is 2.62 bits per heavy atom. The van der Waals surface area contributed by atoms with Gasteiger partial charge in [0.2, 0.25) is 17.8 Å². The molecule has 2 fully saturated rings. The third-order valence-corrected chi connectivity index (χ3v) is 7.37. The molecule has 12 heteroatoms. The van der Waals surface area contributed by atoms with Crippen molar-refractivity contribution in [2.45, 2.75) is 13.0 Å². The highest BCUT2D eigenvalue weighted by Crippen LogP contribution is 2.33. The number of hydrogen-bond acceptors (Lipinski definition) is 8. The average molecular weight is 532 g/mol. The Hall–Kier alpha value is -3.02. The number of likely N-dealkylation sites (N-methyl/N-ethyl adjacent to an activating group) is 1. The molecule has 1 aromatic heterocycles. The fourth-order valence-corrected chi connectivity index (χ4v) is 5.00. The van der Waals surface area contributed by atoms with E-state index in [1.54, 1.807) is 30.3 Å². The molecule has 5 rings (SSSR count). The smallest absolute Gasteiger partial charge is 0.246 e. The van der Waals surface area contributed by atoms with Gasteiger partial charge in [-0.15, -0.1) is 0 Å². The Labute approximate surface area is 220 Å². The van der Waals surface area contributed by atoms with Crippen LogP contribution in [0.2, 0.25) is 5.02 Å². The molecule has 0 spiro atoms. The predicted molar refractivity (Wildman–Crippen MR) is 139 cm³/mol. The summed E-state index contributed by atoms with van der Waals surface area (Å²) in [7, 11) is 1.70. The van der Waals surface area contributed by atoms with Crippen molar-refractivity contribution in [1.82, 2.24) is 19.8 Å². The first-order chi connectivity index (χ1) is 17.9. The Bertz CT molecular complexity index is 1160. The van der Waals surface area contributed by atoms with Gasteiger partial charge in [-0.25, -0.2) is 9.37 Å². The number of hydrogen-bond donors (Lipinski definition) is 0. The third kappa shape index (κ3) is 5.78. The van der Waals surface area contributed by atoms with Crippen LogP contribution in [0.5, 0.6) is 0 Å². The Morgan fingerprint density at radius 2 is 1.89 bits per heavy atom. The molecule has 3 aliphatic rings. The number of carbonyl (C=O) groups is 2. The molecule has 0 N–H and O–H groups in total. The summed E-state index contributed by atoms with van der Waals surface area (Å²) < 4.78 is 19.8. The summed E-state index contributed by atoms with van der Waals surface area (Å²) in [6.45, 7) is 6.63. The minimum Gasteiger partial charge on any atom is -0.378 e. The number of amides is 2. The van der Waals surface area contributed by atoms with Crippen LogP contribution >= 0.6 is 11.6 Å². The van der Waals surface area contributed by atoms with Crippen LogP contribution in [0, 0.1) is 5.82 Å². The lowest BCUT2D eigenvalue weighted by atomic mass is 10.1. The number of nitrogens with zero attached hydrogens (tertiary/aromatic N) is 7. The minimum atomic E-state index is -0.419. The summed E-state index contributed by atoms with van der Waals surface area (Å²) in [6, 6.07) is 4.54. The van der Waals surface area contributed by atoms with Gasteiger partial charge in [0.25, 0.3) is 0 Å². The summed E-state index contributed by atoms with van der Waals surface area (Å²) in [5.41, 5.74) is 1.03. The van der Waals surface area contributed by atoms with E-state index in [2.05, 4.69) is 14.8 Å². The first-order valence-corrected chi connectivity index (χ1v) is 12.9. The summed E-state index contributed by atoms with van der Waals surface area (Å²) in [4.78, 5) is 44.0. The molecule has 0 atom stereocenters. The Kier molecular flexibility index (Phi) is 7.73. The quantitative estimate of drug-likeness (QED) is 0.556. The van der Waals surface area contributed by atoms with E-state index in [0.717, 1.165) is 32.7 Å². The molecule has 2 amide bonds. The number of benzene rings is 1. The van der Waals surface area contributed by atoms with E-state index in [1.165, 1.54) is 11.0 Å². The molecular formula is C25H31ClFN7O3. The lowest BCUT2D eigenvalue weighted by Gasteiger charge is -2.37. The highest BCUT2D eigenvalue weighted by molar-refractivity contribution is 6.30. The van der Waals surface area contributed by atoms with Crippen LogP contribution in [-0.2, 0) is 20.9 Å². The number of aromatic nitrogens is 2. The molecular weight excluding hydrogens is 501 g/mol. The molecule has 1 aromatic carbocycles. The molecule has 0 radical (unpaired) electrons. The largest absolute Gasteiger partial charge is 0.378 e. The van der Waals surface area contributed by atoms with Gasteiger partial charge in [-0.3, -0.25) is 14.5 Å². The van der Waals surface area contributed by atoms with Gasteiger partial charge in [0.1, 0.15) is 11.5 Å². The highest BCUT2D eigenvalue weighted by Gasteiger charge is 2.31. The second-order valence-corrected chi connectivity index (χ2v) is 9.93. The van der Waals surface area contributed by atoms with E-state index in [4.69, 9.17) is 21.3 Å². The van der Waals surface area contributed by atoms with E-state index in [9.17, 15) is 14.0 Å². The van der Waals surface area contributed by atoms with Crippen LogP contribution in [0.3, 0.4) is 0 Å². The van der Waals surface area contributed by atoms with Crippen LogP contribution < -0.4 is 14.7 Å². The van der Waals surface area contributed by atoms with Gasteiger partial charge >= 0.3 is 0 Å². The van der Waals surface area contributed by atoms with Gasteiger partial charge in [-0.2, -0.15) is 4.98 Å². The molecule has 3 aliphatic heterocycles.